The van der Waals surface area contributed by atoms with Crippen molar-refractivity contribution < 1.29 is 4.42 Å². The zero-order chi connectivity index (χ0) is 11.7. The Hall–Kier alpha value is -0.800. The number of rotatable bonds is 3. The lowest BCUT2D eigenvalue weighted by Crippen LogP contribution is -2.06. The van der Waals surface area contributed by atoms with Crippen molar-refractivity contribution in [2.75, 3.05) is 7.05 Å². The standard InChI is InChI=1S/C13H16BrNO/c1-8(2)12-9-5-4-6-10(14)13(9)16-11(12)7-15-3/h4-6,8,15H,7H2,1-3H3. The number of benzene rings is 1. The number of para-hydroxylation sites is 1. The SMILES string of the molecule is CNCc1oc2c(Br)cccc2c1C(C)C. The smallest absolute Gasteiger partial charge is 0.148 e. The lowest BCUT2D eigenvalue weighted by atomic mass is 9.99. The van der Waals surface area contributed by atoms with Crippen molar-refractivity contribution in [3.63, 3.8) is 0 Å². The Bertz CT molecular complexity index is 502. The minimum Gasteiger partial charge on any atom is -0.458 e. The van der Waals surface area contributed by atoms with Crippen LogP contribution in [0.15, 0.2) is 27.1 Å². The number of hydrogen-bond acceptors (Lipinski definition) is 2. The molecule has 0 saturated carbocycles. The second-order valence-corrected chi connectivity index (χ2v) is 5.09. The molecule has 0 bridgehead atoms. The second-order valence-electron chi connectivity index (χ2n) is 4.24. The van der Waals surface area contributed by atoms with E-state index in [1.807, 2.05) is 13.1 Å². The third-order valence-corrected chi connectivity index (χ3v) is 3.32. The molecular weight excluding hydrogens is 266 g/mol. The summed E-state index contributed by atoms with van der Waals surface area (Å²) in [5, 5.41) is 4.37. The lowest BCUT2D eigenvalue weighted by Gasteiger charge is -2.05. The molecule has 0 aliphatic carbocycles. The van der Waals surface area contributed by atoms with Gasteiger partial charge in [-0.25, -0.2) is 0 Å². The van der Waals surface area contributed by atoms with Crippen LogP contribution in [-0.2, 0) is 6.54 Å². The van der Waals surface area contributed by atoms with Gasteiger partial charge in [-0.2, -0.15) is 0 Å². The van der Waals surface area contributed by atoms with Crippen LogP contribution in [0.1, 0.15) is 31.1 Å². The summed E-state index contributed by atoms with van der Waals surface area (Å²) < 4.78 is 6.94. The van der Waals surface area contributed by atoms with Crippen molar-refractivity contribution in [3.8, 4) is 0 Å². The molecule has 0 aliphatic heterocycles. The first-order valence-electron chi connectivity index (χ1n) is 5.49. The molecule has 2 rings (SSSR count). The second kappa shape index (κ2) is 4.60. The van der Waals surface area contributed by atoms with Crippen molar-refractivity contribution in [2.45, 2.75) is 26.3 Å². The molecule has 0 spiro atoms. The Kier molecular flexibility index (Phi) is 3.36. The van der Waals surface area contributed by atoms with Gasteiger partial charge in [0.25, 0.3) is 0 Å². The topological polar surface area (TPSA) is 25.2 Å². The summed E-state index contributed by atoms with van der Waals surface area (Å²) in [6.45, 7) is 5.17. The quantitative estimate of drug-likeness (QED) is 0.919. The molecule has 2 aromatic rings. The van der Waals surface area contributed by atoms with Gasteiger partial charge in [0, 0.05) is 10.9 Å². The van der Waals surface area contributed by atoms with Crippen LogP contribution >= 0.6 is 15.9 Å². The van der Waals surface area contributed by atoms with E-state index < -0.39 is 0 Å². The third-order valence-electron chi connectivity index (χ3n) is 2.70. The van der Waals surface area contributed by atoms with Gasteiger partial charge < -0.3 is 9.73 Å². The van der Waals surface area contributed by atoms with Crippen molar-refractivity contribution in [2.24, 2.45) is 0 Å². The predicted molar refractivity (Wildman–Crippen MR) is 70.8 cm³/mol. The molecule has 0 unspecified atom stereocenters. The van der Waals surface area contributed by atoms with Crippen LogP contribution in [-0.4, -0.2) is 7.05 Å². The van der Waals surface area contributed by atoms with Crippen molar-refractivity contribution in [1.29, 1.82) is 0 Å². The van der Waals surface area contributed by atoms with Gasteiger partial charge in [-0.3, -0.25) is 0 Å². The first-order valence-corrected chi connectivity index (χ1v) is 6.28. The molecule has 0 aliphatic rings. The molecule has 2 nitrogen and oxygen atoms in total. The van der Waals surface area contributed by atoms with Crippen molar-refractivity contribution >= 4 is 26.9 Å². The van der Waals surface area contributed by atoms with Gasteiger partial charge in [0.15, 0.2) is 0 Å². The van der Waals surface area contributed by atoms with Gasteiger partial charge >= 0.3 is 0 Å². The van der Waals surface area contributed by atoms with Crippen LogP contribution in [0.4, 0.5) is 0 Å². The average Bonchev–Trinajstić information content (AvgIpc) is 2.58. The van der Waals surface area contributed by atoms with Gasteiger partial charge in [-0.05, 0) is 35.0 Å². The maximum Gasteiger partial charge on any atom is 0.148 e. The molecule has 0 saturated heterocycles. The number of hydrogen-bond donors (Lipinski definition) is 1. The highest BCUT2D eigenvalue weighted by atomic mass is 79.9. The summed E-state index contributed by atoms with van der Waals surface area (Å²) >= 11 is 3.53. The maximum atomic E-state index is 5.92. The van der Waals surface area contributed by atoms with Crippen LogP contribution in [0.3, 0.4) is 0 Å². The summed E-state index contributed by atoms with van der Waals surface area (Å²) in [6.07, 6.45) is 0. The molecule has 3 heteroatoms. The van der Waals surface area contributed by atoms with Crippen LogP contribution in [0.2, 0.25) is 0 Å². The number of halogens is 1. The van der Waals surface area contributed by atoms with Crippen LogP contribution in [0, 0.1) is 0 Å². The molecular formula is C13H16BrNO. The van der Waals surface area contributed by atoms with E-state index in [9.17, 15) is 0 Å². The number of furan rings is 1. The van der Waals surface area contributed by atoms with E-state index in [0.717, 1.165) is 22.4 Å². The maximum absolute atomic E-state index is 5.92. The molecule has 0 atom stereocenters. The zero-order valence-corrected chi connectivity index (χ0v) is 11.4. The molecule has 1 heterocycles. The minimum absolute atomic E-state index is 0.471. The Labute approximate surface area is 104 Å². The van der Waals surface area contributed by atoms with Crippen LogP contribution in [0.5, 0.6) is 0 Å². The summed E-state index contributed by atoms with van der Waals surface area (Å²) in [7, 11) is 1.94. The normalized spacial score (nSPS) is 11.6. The van der Waals surface area contributed by atoms with Gasteiger partial charge in [0.05, 0.1) is 11.0 Å². The Balaban J connectivity index is 2.70. The summed E-state index contributed by atoms with van der Waals surface area (Å²) in [4.78, 5) is 0. The highest BCUT2D eigenvalue weighted by Gasteiger charge is 2.17. The summed E-state index contributed by atoms with van der Waals surface area (Å²) in [5.74, 6) is 1.51. The van der Waals surface area contributed by atoms with E-state index in [4.69, 9.17) is 4.42 Å². The Morgan fingerprint density at radius 3 is 2.75 bits per heavy atom. The highest BCUT2D eigenvalue weighted by Crippen LogP contribution is 2.35. The summed E-state index contributed by atoms with van der Waals surface area (Å²) in [5.41, 5.74) is 2.27. The minimum atomic E-state index is 0.471. The molecule has 1 N–H and O–H groups in total. The zero-order valence-electron chi connectivity index (χ0n) is 9.80. The van der Waals surface area contributed by atoms with Gasteiger partial charge in [0.2, 0.25) is 0 Å². The number of fused-ring (bicyclic) bond motifs is 1. The largest absolute Gasteiger partial charge is 0.458 e. The summed E-state index contributed by atoms with van der Waals surface area (Å²) in [6, 6.07) is 6.19. The van der Waals surface area contributed by atoms with Crippen molar-refractivity contribution in [1.82, 2.24) is 5.32 Å². The predicted octanol–water partition coefficient (Wildman–Crippen LogP) is 4.04. The first-order chi connectivity index (χ1) is 7.65. The van der Waals surface area contributed by atoms with E-state index in [2.05, 4.69) is 47.2 Å². The lowest BCUT2D eigenvalue weighted by molar-refractivity contribution is 0.519. The molecule has 86 valence electrons. The fourth-order valence-corrected chi connectivity index (χ4v) is 2.53. The van der Waals surface area contributed by atoms with Gasteiger partial charge in [-0.15, -0.1) is 0 Å². The fraction of sp³-hybridized carbons (Fsp3) is 0.385. The highest BCUT2D eigenvalue weighted by molar-refractivity contribution is 9.10. The van der Waals surface area contributed by atoms with E-state index >= 15 is 0 Å². The van der Waals surface area contributed by atoms with E-state index in [0.29, 0.717) is 5.92 Å². The first kappa shape index (κ1) is 11.7. The Morgan fingerprint density at radius 1 is 1.38 bits per heavy atom. The van der Waals surface area contributed by atoms with Gasteiger partial charge in [0.1, 0.15) is 11.3 Å². The number of nitrogens with one attached hydrogen (secondary N) is 1. The van der Waals surface area contributed by atoms with E-state index in [1.54, 1.807) is 0 Å². The Morgan fingerprint density at radius 2 is 2.12 bits per heavy atom. The van der Waals surface area contributed by atoms with Crippen LogP contribution < -0.4 is 5.32 Å². The molecule has 16 heavy (non-hydrogen) atoms. The molecule has 1 aromatic heterocycles. The molecule has 0 amide bonds. The van der Waals surface area contributed by atoms with Crippen LogP contribution in [0.25, 0.3) is 11.0 Å². The average molecular weight is 282 g/mol. The monoisotopic (exact) mass is 281 g/mol. The fourth-order valence-electron chi connectivity index (χ4n) is 2.08. The van der Waals surface area contributed by atoms with Gasteiger partial charge in [-0.1, -0.05) is 26.0 Å². The molecule has 0 fully saturated rings. The third kappa shape index (κ3) is 1.89. The van der Waals surface area contributed by atoms with Crippen molar-refractivity contribution in [3.05, 3.63) is 34.0 Å². The molecule has 0 radical (unpaired) electrons. The van der Waals surface area contributed by atoms with E-state index in [-0.39, 0.29) is 0 Å². The van der Waals surface area contributed by atoms with E-state index in [1.165, 1.54) is 10.9 Å². The molecule has 1 aromatic carbocycles.